The molecule has 1 aromatic carbocycles. The molecule has 0 aliphatic heterocycles. The van der Waals surface area contributed by atoms with Crippen LogP contribution in [0.25, 0.3) is 0 Å². The first-order valence-electron chi connectivity index (χ1n) is 13.5. The minimum Gasteiger partial charge on any atom is -0.408 e. The van der Waals surface area contributed by atoms with Gasteiger partial charge < -0.3 is 9.47 Å². The maximum Gasteiger partial charge on any atom is 0.344 e. The number of aliphatic imine (C=N–C) groups is 1. The molecule has 0 heterocycles. The first-order chi connectivity index (χ1) is 17.0. The van der Waals surface area contributed by atoms with Gasteiger partial charge in [-0.2, -0.15) is 0 Å². The van der Waals surface area contributed by atoms with Gasteiger partial charge in [-0.25, -0.2) is 4.79 Å². The first kappa shape index (κ1) is 30.5. The van der Waals surface area contributed by atoms with Crippen LogP contribution in [0.2, 0.25) is 0 Å². The number of carbonyl (C=O) groups is 3. The molecule has 0 saturated heterocycles. The Morgan fingerprint density at radius 3 is 1.71 bits per heavy atom. The molecule has 6 heteroatoms. The van der Waals surface area contributed by atoms with Gasteiger partial charge in [0, 0.05) is 19.9 Å². The van der Waals surface area contributed by atoms with Gasteiger partial charge >= 0.3 is 17.9 Å². The molecule has 0 fully saturated rings. The summed E-state index contributed by atoms with van der Waals surface area (Å²) in [6, 6.07) is 8.66. The Balaban J connectivity index is 2.24. The van der Waals surface area contributed by atoms with Crippen molar-refractivity contribution in [3.63, 3.8) is 0 Å². The van der Waals surface area contributed by atoms with Gasteiger partial charge in [0.05, 0.1) is 12.0 Å². The third-order valence-electron chi connectivity index (χ3n) is 5.82. The van der Waals surface area contributed by atoms with Crippen LogP contribution in [0.5, 0.6) is 0 Å². The molecule has 0 radical (unpaired) electrons. The first-order valence-corrected chi connectivity index (χ1v) is 13.5. The number of carbonyl (C=O) groups excluding carboxylic acids is 3. The van der Waals surface area contributed by atoms with Gasteiger partial charge in [-0.15, -0.1) is 0 Å². The number of hydrogen-bond acceptors (Lipinski definition) is 6. The van der Waals surface area contributed by atoms with E-state index in [4.69, 9.17) is 4.74 Å². The van der Waals surface area contributed by atoms with Crippen molar-refractivity contribution in [3.05, 3.63) is 35.9 Å². The Hall–Kier alpha value is -2.50. The Morgan fingerprint density at radius 1 is 0.686 bits per heavy atom. The standard InChI is InChI=1S/C29H45NO5/c1-3-4-5-6-7-8-9-10-11-12-13-14-15-19-24-30-27(22-23-28(32)34-25(2)31)35-29(33)26-20-17-16-18-21-26/h16-18,20-21H,3-15,19,22-24H2,1-2H3. The van der Waals surface area contributed by atoms with Crippen molar-refractivity contribution in [2.45, 2.75) is 117 Å². The zero-order valence-corrected chi connectivity index (χ0v) is 21.9. The third kappa shape index (κ3) is 17.6. The van der Waals surface area contributed by atoms with Gasteiger partial charge in [-0.3, -0.25) is 14.6 Å². The van der Waals surface area contributed by atoms with Crippen LogP contribution in [-0.4, -0.2) is 30.4 Å². The molecule has 0 atom stereocenters. The van der Waals surface area contributed by atoms with E-state index in [0.29, 0.717) is 12.1 Å². The van der Waals surface area contributed by atoms with Crippen molar-refractivity contribution in [1.82, 2.24) is 0 Å². The lowest BCUT2D eigenvalue weighted by atomic mass is 10.0. The van der Waals surface area contributed by atoms with Crippen molar-refractivity contribution in [2.24, 2.45) is 4.99 Å². The van der Waals surface area contributed by atoms with Crippen LogP contribution >= 0.6 is 0 Å². The summed E-state index contributed by atoms with van der Waals surface area (Å²) in [7, 11) is 0. The minimum atomic E-state index is -0.655. The van der Waals surface area contributed by atoms with Crippen molar-refractivity contribution in [2.75, 3.05) is 6.54 Å². The number of rotatable bonds is 19. The fourth-order valence-electron chi connectivity index (χ4n) is 3.83. The van der Waals surface area contributed by atoms with Gasteiger partial charge in [0.1, 0.15) is 0 Å². The summed E-state index contributed by atoms with van der Waals surface area (Å²) in [4.78, 5) is 39.4. The van der Waals surface area contributed by atoms with E-state index in [1.54, 1.807) is 24.3 Å². The van der Waals surface area contributed by atoms with Gasteiger partial charge in [0.15, 0.2) is 5.90 Å². The van der Waals surface area contributed by atoms with E-state index in [9.17, 15) is 14.4 Å². The van der Waals surface area contributed by atoms with E-state index >= 15 is 0 Å². The number of ether oxygens (including phenoxy) is 2. The second-order valence-corrected chi connectivity index (χ2v) is 9.09. The number of benzene rings is 1. The summed E-state index contributed by atoms with van der Waals surface area (Å²) in [5.41, 5.74) is 0.419. The molecule has 6 nitrogen and oxygen atoms in total. The van der Waals surface area contributed by atoms with Crippen LogP contribution in [0, 0.1) is 0 Å². The normalized spacial score (nSPS) is 11.3. The smallest absolute Gasteiger partial charge is 0.344 e. The summed E-state index contributed by atoms with van der Waals surface area (Å²) in [6.45, 7) is 3.98. The molecule has 35 heavy (non-hydrogen) atoms. The predicted octanol–water partition coefficient (Wildman–Crippen LogP) is 7.59. The second kappa shape index (κ2) is 20.8. The average molecular weight is 488 g/mol. The number of unbranched alkanes of at least 4 members (excludes halogenated alkanes) is 13. The number of hydrogen-bond donors (Lipinski definition) is 0. The predicted molar refractivity (Wildman–Crippen MR) is 140 cm³/mol. The van der Waals surface area contributed by atoms with Gasteiger partial charge in [-0.1, -0.05) is 109 Å². The molecular weight excluding hydrogens is 442 g/mol. The highest BCUT2D eigenvalue weighted by Crippen LogP contribution is 2.13. The Labute approximate surface area is 211 Å². The number of nitrogens with zero attached hydrogens (tertiary/aromatic N) is 1. The van der Waals surface area contributed by atoms with Crippen LogP contribution in [0.4, 0.5) is 0 Å². The van der Waals surface area contributed by atoms with E-state index in [2.05, 4.69) is 16.7 Å². The van der Waals surface area contributed by atoms with E-state index in [-0.39, 0.29) is 18.7 Å². The molecule has 0 unspecified atom stereocenters. The Kier molecular flexibility index (Phi) is 18.2. The SMILES string of the molecule is CCCCCCCCCCCCCCCCN=C(CCC(=O)OC(C)=O)OC(=O)c1ccccc1. The molecule has 0 amide bonds. The Bertz CT molecular complexity index is 745. The zero-order chi connectivity index (χ0) is 25.6. The van der Waals surface area contributed by atoms with E-state index in [0.717, 1.165) is 12.8 Å². The van der Waals surface area contributed by atoms with Crippen LogP contribution in [0.1, 0.15) is 127 Å². The fourth-order valence-corrected chi connectivity index (χ4v) is 3.83. The van der Waals surface area contributed by atoms with Crippen LogP contribution in [0.3, 0.4) is 0 Å². The molecule has 0 saturated carbocycles. The highest BCUT2D eigenvalue weighted by Gasteiger charge is 2.14. The second-order valence-electron chi connectivity index (χ2n) is 9.09. The zero-order valence-electron chi connectivity index (χ0n) is 21.9. The highest BCUT2D eigenvalue weighted by molar-refractivity contribution is 5.99. The lowest BCUT2D eigenvalue weighted by Crippen LogP contribution is -2.16. The molecule has 1 rings (SSSR count). The molecule has 0 aliphatic rings. The molecule has 0 spiro atoms. The minimum absolute atomic E-state index is 0.0702. The van der Waals surface area contributed by atoms with Crippen LogP contribution in [0.15, 0.2) is 35.3 Å². The molecule has 196 valence electrons. The van der Waals surface area contributed by atoms with Crippen molar-refractivity contribution in [1.29, 1.82) is 0 Å². The summed E-state index contributed by atoms with van der Waals surface area (Å²) in [6.07, 6.45) is 18.0. The van der Waals surface area contributed by atoms with Gasteiger partial charge in [-0.05, 0) is 18.6 Å². The lowest BCUT2D eigenvalue weighted by Gasteiger charge is -2.08. The molecular formula is C29H45NO5. The highest BCUT2D eigenvalue weighted by atomic mass is 16.6. The van der Waals surface area contributed by atoms with Crippen molar-refractivity contribution >= 4 is 23.8 Å². The quantitative estimate of drug-likeness (QED) is 0.0660. The monoisotopic (exact) mass is 487 g/mol. The molecule has 0 N–H and O–H groups in total. The van der Waals surface area contributed by atoms with Crippen molar-refractivity contribution < 1.29 is 23.9 Å². The van der Waals surface area contributed by atoms with Crippen LogP contribution < -0.4 is 0 Å². The maximum atomic E-state index is 12.4. The largest absolute Gasteiger partial charge is 0.408 e. The van der Waals surface area contributed by atoms with Gasteiger partial charge in [0.25, 0.3) is 0 Å². The van der Waals surface area contributed by atoms with Crippen molar-refractivity contribution in [3.8, 4) is 0 Å². The average Bonchev–Trinajstić information content (AvgIpc) is 2.84. The summed E-state index contributed by atoms with van der Waals surface area (Å²) >= 11 is 0. The van der Waals surface area contributed by atoms with Crippen LogP contribution in [-0.2, 0) is 19.1 Å². The number of esters is 3. The summed E-state index contributed by atoms with van der Waals surface area (Å²) < 4.78 is 9.98. The Morgan fingerprint density at radius 2 is 1.20 bits per heavy atom. The summed E-state index contributed by atoms with van der Waals surface area (Å²) in [5, 5.41) is 0. The third-order valence-corrected chi connectivity index (χ3v) is 5.82. The summed E-state index contributed by atoms with van der Waals surface area (Å²) in [5.74, 6) is -1.62. The fraction of sp³-hybridized carbons (Fsp3) is 0.655. The lowest BCUT2D eigenvalue weighted by molar-refractivity contribution is -0.157. The molecule has 1 aromatic rings. The van der Waals surface area contributed by atoms with Gasteiger partial charge in [0.2, 0.25) is 0 Å². The molecule has 0 bridgehead atoms. The topological polar surface area (TPSA) is 82.0 Å². The molecule has 0 aliphatic carbocycles. The molecule has 0 aromatic heterocycles. The van der Waals surface area contributed by atoms with E-state index < -0.39 is 17.9 Å². The van der Waals surface area contributed by atoms with E-state index in [1.165, 1.54) is 84.0 Å². The van der Waals surface area contributed by atoms with E-state index in [1.807, 2.05) is 6.07 Å². The maximum absolute atomic E-state index is 12.4.